The van der Waals surface area contributed by atoms with Gasteiger partial charge in [-0.2, -0.15) is 0 Å². The average Bonchev–Trinajstić information content (AvgIpc) is 3.04. The van der Waals surface area contributed by atoms with Gasteiger partial charge in [0.25, 0.3) is 0 Å². The van der Waals surface area contributed by atoms with Gasteiger partial charge in [0.05, 0.1) is 12.4 Å². The van der Waals surface area contributed by atoms with Crippen LogP contribution >= 0.6 is 0 Å². The maximum atomic E-state index is 12.4. The topological polar surface area (TPSA) is 179 Å². The SMILES string of the molecule is CC(N)C(=O)NC(Cc1cnc[nH]1)C(=O)NC(C)C(=O)NCC(=O)O. The Bertz CT molecular complexity index is 615. The molecule has 0 aromatic carbocycles. The Labute approximate surface area is 143 Å². The summed E-state index contributed by atoms with van der Waals surface area (Å²) in [5, 5.41) is 15.6. The number of aromatic amines is 1. The van der Waals surface area contributed by atoms with Gasteiger partial charge in [0.1, 0.15) is 18.6 Å². The molecule has 11 nitrogen and oxygen atoms in total. The summed E-state index contributed by atoms with van der Waals surface area (Å²) in [6.45, 7) is 2.32. The lowest BCUT2D eigenvalue weighted by atomic mass is 10.1. The van der Waals surface area contributed by atoms with Crippen LogP contribution in [0, 0.1) is 0 Å². The summed E-state index contributed by atoms with van der Waals surface area (Å²) in [5.74, 6) is -2.99. The van der Waals surface area contributed by atoms with Gasteiger partial charge < -0.3 is 31.8 Å². The Morgan fingerprint density at radius 3 is 2.40 bits per heavy atom. The van der Waals surface area contributed by atoms with Gasteiger partial charge in [0, 0.05) is 18.3 Å². The first kappa shape index (κ1) is 20.1. The van der Waals surface area contributed by atoms with Crippen LogP contribution in [-0.2, 0) is 25.6 Å². The quantitative estimate of drug-likeness (QED) is 0.283. The Hall–Kier alpha value is -2.95. The molecular formula is C14H22N6O5. The number of hydrogen-bond acceptors (Lipinski definition) is 6. The number of aliphatic carboxylic acids is 1. The number of nitrogens with two attached hydrogens (primary N) is 1. The molecular weight excluding hydrogens is 332 g/mol. The highest BCUT2D eigenvalue weighted by Gasteiger charge is 2.26. The fraction of sp³-hybridized carbons (Fsp3) is 0.500. The smallest absolute Gasteiger partial charge is 0.322 e. The number of H-pyrrole nitrogens is 1. The number of aromatic nitrogens is 2. The van der Waals surface area contributed by atoms with Crippen LogP contribution in [0.5, 0.6) is 0 Å². The third-order valence-electron chi connectivity index (χ3n) is 3.19. The van der Waals surface area contributed by atoms with Crippen LogP contribution < -0.4 is 21.7 Å². The lowest BCUT2D eigenvalue weighted by Gasteiger charge is -2.21. The van der Waals surface area contributed by atoms with Crippen LogP contribution in [-0.4, -0.2) is 63.4 Å². The first-order valence-electron chi connectivity index (χ1n) is 7.53. The second-order valence-electron chi connectivity index (χ2n) is 5.47. The predicted octanol–water partition coefficient (Wildman–Crippen LogP) is -2.51. The predicted molar refractivity (Wildman–Crippen MR) is 86.1 cm³/mol. The maximum Gasteiger partial charge on any atom is 0.322 e. The Morgan fingerprint density at radius 1 is 1.20 bits per heavy atom. The second kappa shape index (κ2) is 9.37. The fourth-order valence-electron chi connectivity index (χ4n) is 1.82. The molecule has 1 aromatic rings. The summed E-state index contributed by atoms with van der Waals surface area (Å²) in [4.78, 5) is 53.0. The van der Waals surface area contributed by atoms with Crippen LogP contribution in [0.25, 0.3) is 0 Å². The molecule has 1 rings (SSSR count). The number of imidazole rings is 1. The molecule has 0 radical (unpaired) electrons. The van der Waals surface area contributed by atoms with E-state index in [0.29, 0.717) is 5.69 Å². The molecule has 0 saturated heterocycles. The molecule has 0 spiro atoms. The van der Waals surface area contributed by atoms with Gasteiger partial charge in [-0.15, -0.1) is 0 Å². The van der Waals surface area contributed by atoms with Gasteiger partial charge in [-0.25, -0.2) is 4.98 Å². The number of nitrogens with zero attached hydrogens (tertiary/aromatic N) is 1. The molecule has 1 aromatic heterocycles. The van der Waals surface area contributed by atoms with Crippen molar-refractivity contribution in [2.75, 3.05) is 6.54 Å². The summed E-state index contributed by atoms with van der Waals surface area (Å²) in [7, 11) is 0. The summed E-state index contributed by atoms with van der Waals surface area (Å²) < 4.78 is 0. The molecule has 1 heterocycles. The minimum Gasteiger partial charge on any atom is -0.480 e. The van der Waals surface area contributed by atoms with Crippen molar-refractivity contribution in [2.24, 2.45) is 5.73 Å². The van der Waals surface area contributed by atoms with E-state index >= 15 is 0 Å². The number of carbonyl (C=O) groups is 4. The number of amides is 3. The van der Waals surface area contributed by atoms with E-state index < -0.39 is 48.4 Å². The van der Waals surface area contributed by atoms with Gasteiger partial charge >= 0.3 is 5.97 Å². The van der Waals surface area contributed by atoms with Crippen LogP contribution in [0.3, 0.4) is 0 Å². The van der Waals surface area contributed by atoms with E-state index in [4.69, 9.17) is 10.8 Å². The molecule has 7 N–H and O–H groups in total. The van der Waals surface area contributed by atoms with Gasteiger partial charge in [-0.3, -0.25) is 19.2 Å². The first-order chi connectivity index (χ1) is 11.7. The normalized spacial score (nSPS) is 14.0. The Morgan fingerprint density at radius 2 is 1.88 bits per heavy atom. The largest absolute Gasteiger partial charge is 0.480 e. The van der Waals surface area contributed by atoms with E-state index in [-0.39, 0.29) is 6.42 Å². The van der Waals surface area contributed by atoms with Crippen molar-refractivity contribution in [3.05, 3.63) is 18.2 Å². The van der Waals surface area contributed by atoms with Crippen molar-refractivity contribution in [3.63, 3.8) is 0 Å². The van der Waals surface area contributed by atoms with Crippen molar-refractivity contribution < 1.29 is 24.3 Å². The molecule has 138 valence electrons. The van der Waals surface area contributed by atoms with Gasteiger partial charge in [-0.05, 0) is 13.8 Å². The van der Waals surface area contributed by atoms with Crippen molar-refractivity contribution >= 4 is 23.7 Å². The molecule has 11 heteroatoms. The van der Waals surface area contributed by atoms with Crippen molar-refractivity contribution in [1.82, 2.24) is 25.9 Å². The third-order valence-corrected chi connectivity index (χ3v) is 3.19. The molecule has 0 saturated carbocycles. The minimum atomic E-state index is -1.20. The van der Waals surface area contributed by atoms with Crippen LogP contribution in [0.15, 0.2) is 12.5 Å². The van der Waals surface area contributed by atoms with Crippen molar-refractivity contribution in [3.8, 4) is 0 Å². The fourth-order valence-corrected chi connectivity index (χ4v) is 1.82. The summed E-state index contributed by atoms with van der Waals surface area (Å²) >= 11 is 0. The van der Waals surface area contributed by atoms with Gasteiger partial charge in [0.2, 0.25) is 17.7 Å². The lowest BCUT2D eigenvalue weighted by Crippen LogP contribution is -2.55. The van der Waals surface area contributed by atoms with E-state index in [1.165, 1.54) is 26.4 Å². The number of rotatable bonds is 9. The van der Waals surface area contributed by atoms with E-state index in [9.17, 15) is 19.2 Å². The number of carboxylic acid groups (broad SMARTS) is 1. The van der Waals surface area contributed by atoms with Crippen LogP contribution in [0.1, 0.15) is 19.5 Å². The zero-order valence-corrected chi connectivity index (χ0v) is 13.9. The highest BCUT2D eigenvalue weighted by molar-refractivity contribution is 5.93. The lowest BCUT2D eigenvalue weighted by molar-refractivity contribution is -0.138. The molecule has 3 amide bonds. The van der Waals surface area contributed by atoms with Gasteiger partial charge in [0.15, 0.2) is 0 Å². The number of carbonyl (C=O) groups excluding carboxylic acids is 3. The summed E-state index contributed by atoms with van der Waals surface area (Å²) in [6, 6.07) is -2.77. The van der Waals surface area contributed by atoms with E-state index in [1.807, 2.05) is 0 Å². The highest BCUT2D eigenvalue weighted by Crippen LogP contribution is 2.00. The molecule has 0 aliphatic heterocycles. The Kier molecular flexibility index (Phi) is 7.53. The monoisotopic (exact) mass is 354 g/mol. The molecule has 3 unspecified atom stereocenters. The third kappa shape index (κ3) is 6.99. The summed E-state index contributed by atoms with van der Waals surface area (Å²) in [5.41, 5.74) is 6.10. The standard InChI is InChI=1S/C14H22N6O5/c1-7(15)12(23)20-10(3-9-4-16-6-18-9)14(25)19-8(2)13(24)17-5-11(21)22/h4,6-8,10H,3,5,15H2,1-2H3,(H,16,18)(H,17,24)(H,19,25)(H,20,23)(H,21,22). The van der Waals surface area contributed by atoms with E-state index in [0.717, 1.165) is 0 Å². The van der Waals surface area contributed by atoms with Crippen molar-refractivity contribution in [1.29, 1.82) is 0 Å². The van der Waals surface area contributed by atoms with E-state index in [1.54, 1.807) is 0 Å². The van der Waals surface area contributed by atoms with Crippen molar-refractivity contribution in [2.45, 2.75) is 38.4 Å². The molecule has 25 heavy (non-hydrogen) atoms. The van der Waals surface area contributed by atoms with Crippen LogP contribution in [0.4, 0.5) is 0 Å². The molecule has 0 aliphatic rings. The second-order valence-corrected chi connectivity index (χ2v) is 5.47. The molecule has 0 bridgehead atoms. The molecule has 3 atom stereocenters. The zero-order chi connectivity index (χ0) is 19.0. The van der Waals surface area contributed by atoms with Crippen LogP contribution in [0.2, 0.25) is 0 Å². The number of carboxylic acids is 1. The van der Waals surface area contributed by atoms with E-state index in [2.05, 4.69) is 25.9 Å². The number of hydrogen-bond donors (Lipinski definition) is 6. The summed E-state index contributed by atoms with van der Waals surface area (Å²) in [6.07, 6.45) is 3.05. The maximum absolute atomic E-state index is 12.4. The van der Waals surface area contributed by atoms with Gasteiger partial charge in [-0.1, -0.05) is 0 Å². The minimum absolute atomic E-state index is 0.119. The first-order valence-corrected chi connectivity index (χ1v) is 7.53. The zero-order valence-electron chi connectivity index (χ0n) is 13.9. The average molecular weight is 354 g/mol. The Balaban J connectivity index is 2.72. The highest BCUT2D eigenvalue weighted by atomic mass is 16.4. The molecule has 0 aliphatic carbocycles. The molecule has 0 fully saturated rings. The number of nitrogens with one attached hydrogen (secondary N) is 4.